The average Bonchev–Trinajstić information content (AvgIpc) is 2.60. The summed E-state index contributed by atoms with van der Waals surface area (Å²) in [5, 5.41) is 0. The summed E-state index contributed by atoms with van der Waals surface area (Å²) >= 11 is 0. The summed E-state index contributed by atoms with van der Waals surface area (Å²) in [4.78, 5) is 0. The molecule has 0 aromatic rings. The predicted octanol–water partition coefficient (Wildman–Crippen LogP) is 2.52. The molecule has 0 N–H and O–H groups in total. The first-order valence-electron chi connectivity index (χ1n) is 4.77. The van der Waals surface area contributed by atoms with Crippen molar-refractivity contribution in [2.75, 3.05) is 0 Å². The van der Waals surface area contributed by atoms with Crippen molar-refractivity contribution < 1.29 is 4.74 Å². The van der Waals surface area contributed by atoms with Crippen molar-refractivity contribution >= 4 is 0 Å². The van der Waals surface area contributed by atoms with Gasteiger partial charge in [0.05, 0.1) is 12.2 Å². The van der Waals surface area contributed by atoms with Gasteiger partial charge in [-0.3, -0.25) is 0 Å². The van der Waals surface area contributed by atoms with Crippen LogP contribution in [-0.4, -0.2) is 12.2 Å². The molecule has 0 spiro atoms. The Bertz CT molecular complexity index is 96.0. The van der Waals surface area contributed by atoms with Crippen LogP contribution >= 0.6 is 0 Å². The van der Waals surface area contributed by atoms with E-state index < -0.39 is 0 Å². The number of hydrogen-bond donors (Lipinski definition) is 0. The maximum absolute atomic E-state index is 5.86. The summed E-state index contributed by atoms with van der Waals surface area (Å²) in [5.74, 6) is 0. The Balaban J connectivity index is 1.71. The zero-order valence-corrected chi connectivity index (χ0v) is 6.96. The molecule has 0 aromatic heterocycles. The zero-order chi connectivity index (χ0) is 7.52. The van der Waals surface area contributed by atoms with Crippen LogP contribution in [0.2, 0.25) is 0 Å². The maximum Gasteiger partial charge on any atom is 0.0610 e. The lowest BCUT2D eigenvalue weighted by atomic mass is 10.2. The minimum absolute atomic E-state index is 0.481. The first-order valence-corrected chi connectivity index (χ1v) is 4.77. The fourth-order valence-corrected chi connectivity index (χ4v) is 1.95. The quantitative estimate of drug-likeness (QED) is 0.590. The van der Waals surface area contributed by atoms with Crippen molar-refractivity contribution in [3.05, 3.63) is 12.8 Å². The lowest BCUT2D eigenvalue weighted by Gasteiger charge is -2.16. The standard InChI is InChI=1S/C10H16O/c1-2-6-9(5-1)11-10-7-3-4-8-10/h5,7,9-10H,1-4,6,8H2. The Morgan fingerprint density at radius 3 is 1.82 bits per heavy atom. The van der Waals surface area contributed by atoms with Gasteiger partial charge in [0.1, 0.15) is 0 Å². The van der Waals surface area contributed by atoms with Crippen LogP contribution in [0.15, 0.2) is 0 Å². The topological polar surface area (TPSA) is 9.23 Å². The van der Waals surface area contributed by atoms with Crippen LogP contribution in [-0.2, 0) is 4.74 Å². The number of hydrogen-bond acceptors (Lipinski definition) is 1. The van der Waals surface area contributed by atoms with E-state index in [-0.39, 0.29) is 0 Å². The van der Waals surface area contributed by atoms with E-state index in [2.05, 4.69) is 12.8 Å². The van der Waals surface area contributed by atoms with Crippen molar-refractivity contribution in [2.24, 2.45) is 0 Å². The Labute approximate surface area is 69.1 Å². The van der Waals surface area contributed by atoms with Gasteiger partial charge in [-0.05, 0) is 38.5 Å². The van der Waals surface area contributed by atoms with Gasteiger partial charge >= 0.3 is 0 Å². The third-order valence-electron chi connectivity index (χ3n) is 2.59. The predicted molar refractivity (Wildman–Crippen MR) is 45.0 cm³/mol. The highest BCUT2D eigenvalue weighted by Gasteiger charge is 2.22. The van der Waals surface area contributed by atoms with Gasteiger partial charge in [0.15, 0.2) is 0 Å². The fraction of sp³-hybridized carbons (Fsp3) is 0.800. The molecule has 0 aliphatic heterocycles. The summed E-state index contributed by atoms with van der Waals surface area (Å²) in [5.41, 5.74) is 0. The van der Waals surface area contributed by atoms with Gasteiger partial charge in [0, 0.05) is 0 Å². The molecule has 0 saturated heterocycles. The van der Waals surface area contributed by atoms with Gasteiger partial charge in [-0.15, -0.1) is 0 Å². The third-order valence-corrected chi connectivity index (χ3v) is 2.59. The van der Waals surface area contributed by atoms with Gasteiger partial charge in [-0.2, -0.15) is 0 Å². The molecular formula is C10H16O. The summed E-state index contributed by atoms with van der Waals surface area (Å²) < 4.78 is 5.86. The largest absolute Gasteiger partial charge is 0.374 e. The first kappa shape index (κ1) is 7.60. The van der Waals surface area contributed by atoms with E-state index in [9.17, 15) is 0 Å². The lowest BCUT2D eigenvalue weighted by Crippen LogP contribution is -2.17. The highest BCUT2D eigenvalue weighted by molar-refractivity contribution is 4.90. The molecule has 0 aromatic carbocycles. The second-order valence-corrected chi connectivity index (χ2v) is 3.55. The van der Waals surface area contributed by atoms with Crippen molar-refractivity contribution in [1.29, 1.82) is 0 Å². The third kappa shape index (κ3) is 1.96. The van der Waals surface area contributed by atoms with E-state index in [0.29, 0.717) is 12.2 Å². The van der Waals surface area contributed by atoms with E-state index in [1.807, 2.05) is 0 Å². The Kier molecular flexibility index (Phi) is 2.47. The van der Waals surface area contributed by atoms with Crippen molar-refractivity contribution in [1.82, 2.24) is 0 Å². The molecule has 2 saturated carbocycles. The van der Waals surface area contributed by atoms with Gasteiger partial charge < -0.3 is 4.74 Å². The molecular weight excluding hydrogens is 136 g/mol. The highest BCUT2D eigenvalue weighted by Crippen LogP contribution is 2.27. The second kappa shape index (κ2) is 3.57. The van der Waals surface area contributed by atoms with Crippen LogP contribution in [0.4, 0.5) is 0 Å². The van der Waals surface area contributed by atoms with Crippen molar-refractivity contribution in [2.45, 2.75) is 50.7 Å². The Morgan fingerprint density at radius 1 is 0.909 bits per heavy atom. The van der Waals surface area contributed by atoms with E-state index in [1.54, 1.807) is 0 Å². The van der Waals surface area contributed by atoms with Gasteiger partial charge in [0.25, 0.3) is 0 Å². The summed E-state index contributed by atoms with van der Waals surface area (Å²) in [7, 11) is 0. The van der Waals surface area contributed by atoms with Crippen molar-refractivity contribution in [3.63, 3.8) is 0 Å². The normalized spacial score (nSPS) is 28.4. The van der Waals surface area contributed by atoms with Crippen LogP contribution in [0.25, 0.3) is 0 Å². The number of rotatable bonds is 2. The molecule has 1 heteroatoms. The van der Waals surface area contributed by atoms with Crippen LogP contribution in [0, 0.1) is 12.8 Å². The van der Waals surface area contributed by atoms with E-state index in [0.717, 1.165) is 0 Å². The molecule has 0 heterocycles. The average molecular weight is 152 g/mol. The van der Waals surface area contributed by atoms with E-state index in [1.165, 1.54) is 38.5 Å². The molecule has 0 bridgehead atoms. The molecule has 2 fully saturated rings. The monoisotopic (exact) mass is 152 g/mol. The van der Waals surface area contributed by atoms with Crippen LogP contribution < -0.4 is 0 Å². The molecule has 2 aliphatic carbocycles. The van der Waals surface area contributed by atoms with Crippen LogP contribution in [0.3, 0.4) is 0 Å². The summed E-state index contributed by atoms with van der Waals surface area (Å²) in [6.45, 7) is 0. The first-order chi connectivity index (χ1) is 5.45. The molecule has 2 atom stereocenters. The fourth-order valence-electron chi connectivity index (χ4n) is 1.95. The smallest absolute Gasteiger partial charge is 0.0610 e. The zero-order valence-electron chi connectivity index (χ0n) is 6.96. The molecule has 2 radical (unpaired) electrons. The van der Waals surface area contributed by atoms with Gasteiger partial charge in [0.2, 0.25) is 0 Å². The van der Waals surface area contributed by atoms with Crippen molar-refractivity contribution in [3.8, 4) is 0 Å². The maximum atomic E-state index is 5.86. The highest BCUT2D eigenvalue weighted by atomic mass is 16.5. The van der Waals surface area contributed by atoms with Crippen LogP contribution in [0.5, 0.6) is 0 Å². The lowest BCUT2D eigenvalue weighted by molar-refractivity contribution is 0.0318. The molecule has 0 amide bonds. The van der Waals surface area contributed by atoms with Crippen LogP contribution in [0.1, 0.15) is 38.5 Å². The molecule has 1 nitrogen and oxygen atoms in total. The number of ether oxygens (including phenoxy) is 1. The summed E-state index contributed by atoms with van der Waals surface area (Å²) in [6, 6.07) is 0. The molecule has 2 aliphatic rings. The molecule has 62 valence electrons. The SMILES string of the molecule is [CH]1CCCC1OC1[CH]CCC1. The Hall–Kier alpha value is -0.0400. The molecule has 2 unspecified atom stereocenters. The van der Waals surface area contributed by atoms with Gasteiger partial charge in [-0.25, -0.2) is 0 Å². The Morgan fingerprint density at radius 2 is 1.45 bits per heavy atom. The minimum atomic E-state index is 0.481. The molecule has 2 rings (SSSR count). The molecule has 11 heavy (non-hydrogen) atoms. The van der Waals surface area contributed by atoms with E-state index >= 15 is 0 Å². The van der Waals surface area contributed by atoms with Gasteiger partial charge in [-0.1, -0.05) is 12.8 Å². The minimum Gasteiger partial charge on any atom is -0.374 e. The van der Waals surface area contributed by atoms with E-state index in [4.69, 9.17) is 4.74 Å². The summed E-state index contributed by atoms with van der Waals surface area (Å²) in [6.07, 6.45) is 13.3. The second-order valence-electron chi connectivity index (χ2n) is 3.55.